The van der Waals surface area contributed by atoms with Crippen LogP contribution in [0.1, 0.15) is 16.7 Å². The van der Waals surface area contributed by atoms with Crippen LogP contribution in [0.3, 0.4) is 0 Å². The SMILES string of the molecule is C=CC(=C)c1ccc(C)c(C)c1. The molecule has 1 aromatic carbocycles. The molecule has 0 atom stereocenters. The summed E-state index contributed by atoms with van der Waals surface area (Å²) in [7, 11) is 0. The molecule has 1 rings (SSSR count). The highest BCUT2D eigenvalue weighted by Gasteiger charge is 1.96. The van der Waals surface area contributed by atoms with Gasteiger partial charge in [-0.3, -0.25) is 0 Å². The van der Waals surface area contributed by atoms with Gasteiger partial charge < -0.3 is 0 Å². The molecule has 0 amide bonds. The molecule has 0 aliphatic rings. The minimum atomic E-state index is 0.984. The summed E-state index contributed by atoms with van der Waals surface area (Å²) in [5.41, 5.74) is 4.76. The lowest BCUT2D eigenvalue weighted by Crippen LogP contribution is -1.84. The summed E-state index contributed by atoms with van der Waals surface area (Å²) >= 11 is 0. The fourth-order valence-electron chi connectivity index (χ4n) is 1.06. The summed E-state index contributed by atoms with van der Waals surface area (Å²) in [5.74, 6) is 0. The van der Waals surface area contributed by atoms with Gasteiger partial charge in [0.1, 0.15) is 0 Å². The van der Waals surface area contributed by atoms with Gasteiger partial charge in [0.05, 0.1) is 0 Å². The largest absolute Gasteiger partial charge is 0.0985 e. The smallest absolute Gasteiger partial charge is 0.0187 e. The predicted molar refractivity (Wildman–Crippen MR) is 55.1 cm³/mol. The first-order valence-electron chi connectivity index (χ1n) is 4.04. The molecule has 0 bridgehead atoms. The highest BCUT2D eigenvalue weighted by Crippen LogP contribution is 2.16. The predicted octanol–water partition coefficient (Wildman–Crippen LogP) is 3.50. The average molecular weight is 158 g/mol. The van der Waals surface area contributed by atoms with E-state index in [4.69, 9.17) is 0 Å². The molecule has 0 aromatic heterocycles. The summed E-state index contributed by atoms with van der Waals surface area (Å²) in [6, 6.07) is 6.32. The van der Waals surface area contributed by atoms with Crippen molar-refractivity contribution in [1.29, 1.82) is 0 Å². The molecule has 0 N–H and O–H groups in total. The second-order valence-electron chi connectivity index (χ2n) is 3.03. The van der Waals surface area contributed by atoms with Crippen LogP contribution >= 0.6 is 0 Å². The van der Waals surface area contributed by atoms with Gasteiger partial charge >= 0.3 is 0 Å². The monoisotopic (exact) mass is 158 g/mol. The molecule has 0 nitrogen and oxygen atoms in total. The Morgan fingerprint density at radius 3 is 2.42 bits per heavy atom. The van der Waals surface area contributed by atoms with Crippen LogP contribution in [-0.4, -0.2) is 0 Å². The van der Waals surface area contributed by atoms with E-state index in [1.165, 1.54) is 11.1 Å². The number of aryl methyl sites for hydroxylation is 2. The van der Waals surface area contributed by atoms with Gasteiger partial charge in [0.2, 0.25) is 0 Å². The summed E-state index contributed by atoms with van der Waals surface area (Å²) in [6.07, 6.45) is 1.78. The molecule has 0 saturated heterocycles. The maximum absolute atomic E-state index is 3.90. The third-order valence-electron chi connectivity index (χ3n) is 2.12. The molecular weight excluding hydrogens is 144 g/mol. The minimum absolute atomic E-state index is 0.984. The van der Waals surface area contributed by atoms with Gasteiger partial charge in [0.15, 0.2) is 0 Å². The maximum atomic E-state index is 3.90. The van der Waals surface area contributed by atoms with E-state index >= 15 is 0 Å². The molecule has 0 heterocycles. The van der Waals surface area contributed by atoms with Crippen molar-refractivity contribution in [2.75, 3.05) is 0 Å². The lowest BCUT2D eigenvalue weighted by molar-refractivity contribution is 1.33. The molecule has 62 valence electrons. The molecule has 0 fully saturated rings. The molecule has 12 heavy (non-hydrogen) atoms. The van der Waals surface area contributed by atoms with Gasteiger partial charge in [0.25, 0.3) is 0 Å². The fraction of sp³-hybridized carbons (Fsp3) is 0.167. The summed E-state index contributed by atoms with van der Waals surface area (Å²) in [5, 5.41) is 0. The first kappa shape index (κ1) is 8.79. The third-order valence-corrected chi connectivity index (χ3v) is 2.12. The lowest BCUT2D eigenvalue weighted by Gasteiger charge is -2.04. The van der Waals surface area contributed by atoms with Crippen molar-refractivity contribution < 1.29 is 0 Å². The van der Waals surface area contributed by atoms with E-state index in [2.05, 4.69) is 45.2 Å². The van der Waals surface area contributed by atoms with E-state index in [-0.39, 0.29) is 0 Å². The van der Waals surface area contributed by atoms with Crippen molar-refractivity contribution in [3.05, 3.63) is 54.1 Å². The standard InChI is InChI=1S/C12H14/c1-5-9(2)12-7-6-10(3)11(4)8-12/h5-8H,1-2H2,3-4H3. The Morgan fingerprint density at radius 2 is 1.92 bits per heavy atom. The van der Waals surface area contributed by atoms with Gasteiger partial charge in [-0.2, -0.15) is 0 Å². The van der Waals surface area contributed by atoms with Crippen LogP contribution in [0.2, 0.25) is 0 Å². The number of rotatable bonds is 2. The van der Waals surface area contributed by atoms with Crippen LogP contribution in [0.5, 0.6) is 0 Å². The van der Waals surface area contributed by atoms with Crippen LogP contribution in [0.4, 0.5) is 0 Å². The Morgan fingerprint density at radius 1 is 1.25 bits per heavy atom. The fourth-order valence-corrected chi connectivity index (χ4v) is 1.06. The molecule has 0 aliphatic carbocycles. The van der Waals surface area contributed by atoms with Crippen molar-refractivity contribution in [2.24, 2.45) is 0 Å². The quantitative estimate of drug-likeness (QED) is 0.578. The van der Waals surface area contributed by atoms with E-state index < -0.39 is 0 Å². The molecule has 0 aliphatic heterocycles. The van der Waals surface area contributed by atoms with Crippen molar-refractivity contribution in [2.45, 2.75) is 13.8 Å². The molecule has 0 heteroatoms. The number of hydrogen-bond donors (Lipinski definition) is 0. The molecule has 0 unspecified atom stereocenters. The van der Waals surface area contributed by atoms with Crippen molar-refractivity contribution in [3.63, 3.8) is 0 Å². The van der Waals surface area contributed by atoms with Gasteiger partial charge in [0, 0.05) is 0 Å². The topological polar surface area (TPSA) is 0 Å². The zero-order valence-electron chi connectivity index (χ0n) is 7.72. The zero-order chi connectivity index (χ0) is 9.14. The Bertz CT molecular complexity index is 319. The zero-order valence-corrected chi connectivity index (χ0v) is 7.72. The number of benzene rings is 1. The Labute approximate surface area is 74.2 Å². The molecule has 0 spiro atoms. The first-order chi connectivity index (χ1) is 5.65. The van der Waals surface area contributed by atoms with Gasteiger partial charge in [-0.1, -0.05) is 37.4 Å². The average Bonchev–Trinajstić information content (AvgIpc) is 2.08. The summed E-state index contributed by atoms with van der Waals surface area (Å²) in [4.78, 5) is 0. The summed E-state index contributed by atoms with van der Waals surface area (Å²) < 4.78 is 0. The Hall–Kier alpha value is -1.30. The van der Waals surface area contributed by atoms with E-state index in [0.717, 1.165) is 11.1 Å². The van der Waals surface area contributed by atoms with Crippen LogP contribution in [0, 0.1) is 13.8 Å². The Balaban J connectivity index is 3.13. The normalized spacial score (nSPS) is 9.50. The lowest BCUT2D eigenvalue weighted by atomic mass is 10.0. The van der Waals surface area contributed by atoms with Crippen LogP contribution in [-0.2, 0) is 0 Å². The highest BCUT2D eigenvalue weighted by molar-refractivity contribution is 5.71. The second kappa shape index (κ2) is 3.40. The van der Waals surface area contributed by atoms with Crippen molar-refractivity contribution in [3.8, 4) is 0 Å². The van der Waals surface area contributed by atoms with Crippen molar-refractivity contribution in [1.82, 2.24) is 0 Å². The van der Waals surface area contributed by atoms with E-state index in [9.17, 15) is 0 Å². The second-order valence-corrected chi connectivity index (χ2v) is 3.03. The molecule has 1 aromatic rings. The van der Waals surface area contributed by atoms with E-state index in [1.807, 2.05) is 0 Å². The molecule has 0 radical (unpaired) electrons. The van der Waals surface area contributed by atoms with Gasteiger partial charge in [-0.15, -0.1) is 0 Å². The number of hydrogen-bond acceptors (Lipinski definition) is 0. The maximum Gasteiger partial charge on any atom is -0.0187 e. The summed E-state index contributed by atoms with van der Waals surface area (Å²) in [6.45, 7) is 11.8. The highest BCUT2D eigenvalue weighted by atomic mass is 14.0. The van der Waals surface area contributed by atoms with Crippen LogP contribution in [0.25, 0.3) is 5.57 Å². The first-order valence-corrected chi connectivity index (χ1v) is 4.04. The van der Waals surface area contributed by atoms with Crippen LogP contribution in [0.15, 0.2) is 37.4 Å². The third kappa shape index (κ3) is 1.65. The Kier molecular flexibility index (Phi) is 2.49. The minimum Gasteiger partial charge on any atom is -0.0985 e. The van der Waals surface area contributed by atoms with E-state index in [1.54, 1.807) is 6.08 Å². The molecular formula is C12H14. The van der Waals surface area contributed by atoms with E-state index in [0.29, 0.717) is 0 Å². The number of allylic oxidation sites excluding steroid dienone is 2. The molecule has 0 saturated carbocycles. The van der Waals surface area contributed by atoms with Gasteiger partial charge in [-0.05, 0) is 36.1 Å². The van der Waals surface area contributed by atoms with Crippen LogP contribution < -0.4 is 0 Å². The van der Waals surface area contributed by atoms with Crippen molar-refractivity contribution >= 4 is 5.57 Å². The van der Waals surface area contributed by atoms with Gasteiger partial charge in [-0.25, -0.2) is 0 Å².